The molecule has 0 bridgehead atoms. The van der Waals surface area contributed by atoms with Crippen LogP contribution in [-0.2, 0) is 11.2 Å². The molecule has 2 aromatic rings. The summed E-state index contributed by atoms with van der Waals surface area (Å²) >= 11 is 5.92. The summed E-state index contributed by atoms with van der Waals surface area (Å²) in [6.07, 6.45) is 6.79. The van der Waals surface area contributed by atoms with Gasteiger partial charge in [-0.05, 0) is 48.9 Å². The van der Waals surface area contributed by atoms with Crippen LogP contribution < -0.4 is 10.6 Å². The highest BCUT2D eigenvalue weighted by Gasteiger charge is 2.33. The number of nitrogens with one attached hydrogen (secondary N) is 2. The van der Waals surface area contributed by atoms with Crippen molar-refractivity contribution in [2.75, 3.05) is 33.9 Å². The van der Waals surface area contributed by atoms with Crippen LogP contribution in [0.2, 0.25) is 5.02 Å². The van der Waals surface area contributed by atoms with Crippen molar-refractivity contribution in [1.29, 1.82) is 0 Å². The number of aromatic nitrogens is 2. The molecule has 1 aliphatic carbocycles. The van der Waals surface area contributed by atoms with E-state index in [0.29, 0.717) is 35.1 Å². The van der Waals surface area contributed by atoms with Crippen molar-refractivity contribution in [1.82, 2.24) is 20.8 Å². The van der Waals surface area contributed by atoms with Gasteiger partial charge in [0.25, 0.3) is 0 Å². The predicted molar refractivity (Wildman–Crippen MR) is 131 cm³/mol. The smallest absolute Gasteiger partial charge is 0.228 e. The first kappa shape index (κ1) is 24.9. The van der Waals surface area contributed by atoms with Gasteiger partial charge in [0.15, 0.2) is 5.96 Å². The first-order valence-electron chi connectivity index (χ1n) is 10.2. The lowest BCUT2D eigenvalue weighted by Gasteiger charge is -2.29. The number of hydrogen-bond acceptors (Lipinski definition) is 5. The molecule has 1 saturated carbocycles. The van der Waals surface area contributed by atoms with E-state index in [1.807, 2.05) is 24.3 Å². The first-order valence-corrected chi connectivity index (χ1v) is 10.5. The second kappa shape index (κ2) is 12.5. The van der Waals surface area contributed by atoms with E-state index >= 15 is 0 Å². The molecule has 0 amide bonds. The summed E-state index contributed by atoms with van der Waals surface area (Å²) < 4.78 is 10.7. The van der Waals surface area contributed by atoms with Crippen LogP contribution in [0.4, 0.5) is 0 Å². The highest BCUT2D eigenvalue weighted by Crippen LogP contribution is 2.40. The number of methoxy groups -OCH3 is 1. The minimum absolute atomic E-state index is 0. The second-order valence-electron chi connectivity index (χ2n) is 7.57. The van der Waals surface area contributed by atoms with Gasteiger partial charge in [0.05, 0.1) is 0 Å². The maximum atomic E-state index is 5.92. The average Bonchev–Trinajstić information content (AvgIpc) is 3.40. The molecule has 9 heteroatoms. The lowest BCUT2D eigenvalue weighted by Crippen LogP contribution is -2.43. The minimum Gasteiger partial charge on any atom is -0.385 e. The zero-order valence-electron chi connectivity index (χ0n) is 17.6. The molecular formula is C21H31ClIN5O2. The molecule has 1 fully saturated rings. The molecule has 2 N–H and O–H groups in total. The predicted octanol–water partition coefficient (Wildman–Crippen LogP) is 4.31. The van der Waals surface area contributed by atoms with Gasteiger partial charge < -0.3 is 19.9 Å². The first-order chi connectivity index (χ1) is 14.1. The molecule has 166 valence electrons. The number of benzene rings is 1. The Morgan fingerprint density at radius 2 is 1.97 bits per heavy atom. The lowest BCUT2D eigenvalue weighted by atomic mass is 9.83. The van der Waals surface area contributed by atoms with E-state index in [2.05, 4.69) is 25.8 Å². The molecule has 3 rings (SSSR count). The van der Waals surface area contributed by atoms with Crippen LogP contribution in [-0.4, -0.2) is 50.0 Å². The van der Waals surface area contributed by atoms with Gasteiger partial charge in [-0.25, -0.2) is 0 Å². The molecule has 1 heterocycles. The summed E-state index contributed by atoms with van der Waals surface area (Å²) in [5.41, 5.74) is 1.20. The Bertz CT molecular complexity index is 791. The average molecular weight is 548 g/mol. The number of aliphatic imine (C=N–C) groups is 1. The molecule has 0 spiro atoms. The van der Waals surface area contributed by atoms with Crippen molar-refractivity contribution >= 4 is 41.5 Å². The summed E-state index contributed by atoms with van der Waals surface area (Å²) in [4.78, 5) is 8.79. The van der Waals surface area contributed by atoms with Gasteiger partial charge in [-0.3, -0.25) is 4.99 Å². The van der Waals surface area contributed by atoms with Crippen molar-refractivity contribution in [2.24, 2.45) is 10.4 Å². The van der Waals surface area contributed by atoms with E-state index in [0.717, 1.165) is 31.1 Å². The number of rotatable bonds is 9. The summed E-state index contributed by atoms with van der Waals surface area (Å²) in [6, 6.07) is 7.38. The summed E-state index contributed by atoms with van der Waals surface area (Å²) in [7, 11) is 3.56. The molecule has 0 radical (unpaired) electrons. The Hall–Kier alpha value is -1.39. The molecule has 1 aromatic heterocycles. The van der Waals surface area contributed by atoms with Crippen molar-refractivity contribution in [3.8, 4) is 11.4 Å². The van der Waals surface area contributed by atoms with Gasteiger partial charge in [0.2, 0.25) is 11.7 Å². The Morgan fingerprint density at radius 1 is 1.23 bits per heavy atom. The highest BCUT2D eigenvalue weighted by atomic mass is 127. The van der Waals surface area contributed by atoms with Gasteiger partial charge in [-0.1, -0.05) is 29.6 Å². The third-order valence-electron chi connectivity index (χ3n) is 5.56. The van der Waals surface area contributed by atoms with Gasteiger partial charge >= 0.3 is 0 Å². The number of halogens is 2. The van der Waals surface area contributed by atoms with Crippen LogP contribution >= 0.6 is 35.6 Å². The van der Waals surface area contributed by atoms with Crippen molar-refractivity contribution in [3.05, 3.63) is 35.2 Å². The summed E-state index contributed by atoms with van der Waals surface area (Å²) in [5, 5.41) is 11.6. The van der Waals surface area contributed by atoms with E-state index < -0.39 is 0 Å². The quantitative estimate of drug-likeness (QED) is 0.276. The molecule has 0 unspecified atom stereocenters. The number of nitrogens with zero attached hydrogens (tertiary/aromatic N) is 3. The highest BCUT2D eigenvalue weighted by molar-refractivity contribution is 14.0. The SMILES string of the molecule is CN=C(NCCc1nc(-c2ccc(Cl)cc2)no1)NCC1(CCOC)CCCC1.I. The van der Waals surface area contributed by atoms with Crippen LogP contribution in [0.5, 0.6) is 0 Å². The fourth-order valence-electron chi connectivity index (χ4n) is 3.81. The van der Waals surface area contributed by atoms with E-state index in [1.165, 1.54) is 25.7 Å². The topological polar surface area (TPSA) is 84.6 Å². The van der Waals surface area contributed by atoms with E-state index in [9.17, 15) is 0 Å². The van der Waals surface area contributed by atoms with Crippen molar-refractivity contribution < 1.29 is 9.26 Å². The minimum atomic E-state index is 0. The Balaban J connectivity index is 0.00000320. The number of hydrogen-bond donors (Lipinski definition) is 2. The summed E-state index contributed by atoms with van der Waals surface area (Å²) in [5.74, 6) is 1.96. The summed E-state index contributed by atoms with van der Waals surface area (Å²) in [6.45, 7) is 2.38. The normalized spacial score (nSPS) is 15.6. The fourth-order valence-corrected chi connectivity index (χ4v) is 3.94. The van der Waals surface area contributed by atoms with E-state index in [1.54, 1.807) is 14.2 Å². The third-order valence-corrected chi connectivity index (χ3v) is 5.81. The van der Waals surface area contributed by atoms with E-state index in [4.69, 9.17) is 20.9 Å². The van der Waals surface area contributed by atoms with Gasteiger partial charge in [0, 0.05) is 50.9 Å². The van der Waals surface area contributed by atoms with Gasteiger partial charge in [0.1, 0.15) is 0 Å². The largest absolute Gasteiger partial charge is 0.385 e. The Kier molecular flexibility index (Phi) is 10.3. The molecule has 0 atom stereocenters. The number of guanidine groups is 1. The molecule has 30 heavy (non-hydrogen) atoms. The van der Waals surface area contributed by atoms with Crippen LogP contribution in [0, 0.1) is 5.41 Å². The molecular weight excluding hydrogens is 517 g/mol. The second-order valence-corrected chi connectivity index (χ2v) is 8.01. The van der Waals surface area contributed by atoms with Crippen LogP contribution in [0.15, 0.2) is 33.8 Å². The van der Waals surface area contributed by atoms with Crippen LogP contribution in [0.1, 0.15) is 38.0 Å². The van der Waals surface area contributed by atoms with E-state index in [-0.39, 0.29) is 24.0 Å². The maximum absolute atomic E-state index is 5.92. The monoisotopic (exact) mass is 547 g/mol. The Labute approximate surface area is 200 Å². The molecule has 0 aliphatic heterocycles. The van der Waals surface area contributed by atoms with Crippen LogP contribution in [0.25, 0.3) is 11.4 Å². The molecule has 1 aromatic carbocycles. The van der Waals surface area contributed by atoms with Gasteiger partial charge in [-0.15, -0.1) is 24.0 Å². The Morgan fingerprint density at radius 3 is 2.63 bits per heavy atom. The molecule has 7 nitrogen and oxygen atoms in total. The third kappa shape index (κ3) is 7.09. The number of ether oxygens (including phenoxy) is 1. The van der Waals surface area contributed by atoms with Gasteiger partial charge in [-0.2, -0.15) is 4.98 Å². The molecule has 0 saturated heterocycles. The van der Waals surface area contributed by atoms with Crippen LogP contribution in [0.3, 0.4) is 0 Å². The van der Waals surface area contributed by atoms with Crippen molar-refractivity contribution in [2.45, 2.75) is 38.5 Å². The molecule has 1 aliphatic rings. The zero-order valence-corrected chi connectivity index (χ0v) is 20.7. The standard InChI is InChI=1S/C21H30ClN5O2.HI/c1-23-20(25-15-21(12-14-28-2)10-3-4-11-21)24-13-9-18-26-19(27-29-18)16-5-7-17(22)8-6-16;/h5-8H,3-4,9-15H2,1-2H3,(H2,23,24,25);1H. The zero-order chi connectivity index (χ0) is 20.5. The lowest BCUT2D eigenvalue weighted by molar-refractivity contribution is 0.138. The maximum Gasteiger partial charge on any atom is 0.228 e. The fraction of sp³-hybridized carbons (Fsp3) is 0.571. The van der Waals surface area contributed by atoms with Crippen molar-refractivity contribution in [3.63, 3.8) is 0 Å².